The molecule has 0 radical (unpaired) electrons. The minimum Gasteiger partial charge on any atom is -0.319 e. The fourth-order valence-corrected chi connectivity index (χ4v) is 1.85. The number of nitrogens with one attached hydrogen (secondary N) is 1. The summed E-state index contributed by atoms with van der Waals surface area (Å²) in [6, 6.07) is 5.79. The molecule has 2 nitrogen and oxygen atoms in total. The number of hydrogen-bond acceptors (Lipinski definition) is 1. The molecule has 0 unspecified atom stereocenters. The molecule has 1 N–H and O–H groups in total. The van der Waals surface area contributed by atoms with Crippen LogP contribution in [0.3, 0.4) is 0 Å². The van der Waals surface area contributed by atoms with Gasteiger partial charge in [0.2, 0.25) is 0 Å². The van der Waals surface area contributed by atoms with Crippen LogP contribution >= 0.6 is 15.9 Å². The van der Waals surface area contributed by atoms with Gasteiger partial charge in [-0.05, 0) is 30.7 Å². The molecule has 0 spiro atoms. The Balaban J connectivity index is 2.27. The first-order chi connectivity index (χ1) is 9.38. The molecule has 0 saturated heterocycles. The van der Waals surface area contributed by atoms with Gasteiger partial charge in [-0.15, -0.1) is 0 Å². The Morgan fingerprint density at radius 1 is 1.05 bits per heavy atom. The van der Waals surface area contributed by atoms with Gasteiger partial charge < -0.3 is 5.32 Å². The van der Waals surface area contributed by atoms with Crippen molar-refractivity contribution in [3.05, 3.63) is 63.4 Å². The van der Waals surface area contributed by atoms with Crippen LogP contribution < -0.4 is 5.32 Å². The van der Waals surface area contributed by atoms with E-state index >= 15 is 0 Å². The predicted molar refractivity (Wildman–Crippen MR) is 73.1 cm³/mol. The molecular formula is C14H9BrF3NO. The van der Waals surface area contributed by atoms with E-state index in [1.165, 1.54) is 6.07 Å². The molecule has 0 saturated carbocycles. The summed E-state index contributed by atoms with van der Waals surface area (Å²) in [5.41, 5.74) is 0.702. The summed E-state index contributed by atoms with van der Waals surface area (Å²) in [6.45, 7) is 1.79. The third kappa shape index (κ3) is 3.01. The van der Waals surface area contributed by atoms with Crippen molar-refractivity contribution < 1.29 is 18.0 Å². The molecular weight excluding hydrogens is 335 g/mol. The van der Waals surface area contributed by atoms with E-state index in [2.05, 4.69) is 21.2 Å². The molecule has 0 bridgehead atoms. The summed E-state index contributed by atoms with van der Waals surface area (Å²) in [5.74, 6) is -4.18. The summed E-state index contributed by atoms with van der Waals surface area (Å²) in [5, 5.41) is 2.21. The summed E-state index contributed by atoms with van der Waals surface area (Å²) < 4.78 is 40.1. The van der Waals surface area contributed by atoms with Crippen LogP contribution in [0.4, 0.5) is 18.9 Å². The number of hydrogen-bond donors (Lipinski definition) is 1. The SMILES string of the molecule is Cc1cc(C(=O)Nc2cc(F)c(F)cc2F)ccc1Br. The first kappa shape index (κ1) is 14.6. The van der Waals surface area contributed by atoms with Crippen LogP contribution in [0, 0.1) is 24.4 Å². The van der Waals surface area contributed by atoms with Crippen LogP contribution in [0.2, 0.25) is 0 Å². The van der Waals surface area contributed by atoms with E-state index in [0.29, 0.717) is 12.1 Å². The van der Waals surface area contributed by atoms with Gasteiger partial charge in [-0.25, -0.2) is 13.2 Å². The van der Waals surface area contributed by atoms with E-state index in [4.69, 9.17) is 0 Å². The van der Waals surface area contributed by atoms with Crippen molar-refractivity contribution in [2.75, 3.05) is 5.32 Å². The Bertz CT molecular complexity index is 688. The highest BCUT2D eigenvalue weighted by Crippen LogP contribution is 2.21. The lowest BCUT2D eigenvalue weighted by molar-refractivity contribution is 0.102. The molecule has 0 aliphatic heterocycles. The van der Waals surface area contributed by atoms with Crippen LogP contribution in [0.5, 0.6) is 0 Å². The van der Waals surface area contributed by atoms with Gasteiger partial charge in [-0.3, -0.25) is 4.79 Å². The van der Waals surface area contributed by atoms with Crippen molar-refractivity contribution in [1.82, 2.24) is 0 Å². The second-order valence-electron chi connectivity index (χ2n) is 4.16. The number of carbonyl (C=O) groups is 1. The molecule has 0 heterocycles. The Hall–Kier alpha value is -1.82. The van der Waals surface area contributed by atoms with Crippen LogP contribution in [-0.2, 0) is 0 Å². The van der Waals surface area contributed by atoms with Gasteiger partial charge in [0.05, 0.1) is 5.69 Å². The topological polar surface area (TPSA) is 29.1 Å². The van der Waals surface area contributed by atoms with E-state index in [0.717, 1.165) is 10.0 Å². The second-order valence-corrected chi connectivity index (χ2v) is 5.02. The number of halogens is 4. The van der Waals surface area contributed by atoms with E-state index < -0.39 is 29.0 Å². The lowest BCUT2D eigenvalue weighted by Crippen LogP contribution is -2.13. The molecule has 20 heavy (non-hydrogen) atoms. The average molecular weight is 344 g/mol. The van der Waals surface area contributed by atoms with Crippen LogP contribution in [0.15, 0.2) is 34.8 Å². The molecule has 0 aromatic heterocycles. The molecule has 6 heteroatoms. The predicted octanol–water partition coefficient (Wildman–Crippen LogP) is 4.43. The quantitative estimate of drug-likeness (QED) is 0.803. The largest absolute Gasteiger partial charge is 0.319 e. The maximum absolute atomic E-state index is 13.4. The molecule has 0 aliphatic carbocycles. The Morgan fingerprint density at radius 2 is 1.70 bits per heavy atom. The molecule has 2 rings (SSSR count). The van der Waals surface area contributed by atoms with Crippen molar-refractivity contribution in [3.63, 3.8) is 0 Å². The average Bonchev–Trinajstić information content (AvgIpc) is 2.39. The monoisotopic (exact) mass is 343 g/mol. The minimum atomic E-state index is -1.31. The fourth-order valence-electron chi connectivity index (χ4n) is 1.60. The highest BCUT2D eigenvalue weighted by Gasteiger charge is 2.13. The van der Waals surface area contributed by atoms with Crippen LogP contribution in [0.25, 0.3) is 0 Å². The lowest BCUT2D eigenvalue weighted by Gasteiger charge is -2.08. The third-order valence-electron chi connectivity index (χ3n) is 2.68. The summed E-state index contributed by atoms with van der Waals surface area (Å²) in [7, 11) is 0. The van der Waals surface area contributed by atoms with Crippen molar-refractivity contribution >= 4 is 27.5 Å². The van der Waals surface area contributed by atoms with Gasteiger partial charge in [0.25, 0.3) is 5.91 Å². The first-order valence-corrected chi connectivity index (χ1v) is 6.40. The van der Waals surface area contributed by atoms with E-state index in [1.807, 2.05) is 0 Å². The van der Waals surface area contributed by atoms with Gasteiger partial charge in [0.1, 0.15) is 5.82 Å². The van der Waals surface area contributed by atoms with Gasteiger partial charge in [-0.1, -0.05) is 15.9 Å². The zero-order valence-corrected chi connectivity index (χ0v) is 11.9. The molecule has 2 aromatic carbocycles. The Kier molecular flexibility index (Phi) is 4.13. The number of aryl methyl sites for hydroxylation is 1. The number of carbonyl (C=O) groups excluding carboxylic acids is 1. The third-order valence-corrected chi connectivity index (χ3v) is 3.57. The van der Waals surface area contributed by atoms with Crippen LogP contribution in [0.1, 0.15) is 15.9 Å². The normalized spacial score (nSPS) is 10.4. The number of rotatable bonds is 2. The smallest absolute Gasteiger partial charge is 0.255 e. The van der Waals surface area contributed by atoms with E-state index in [9.17, 15) is 18.0 Å². The minimum absolute atomic E-state index is 0.287. The maximum Gasteiger partial charge on any atom is 0.255 e. The highest BCUT2D eigenvalue weighted by atomic mass is 79.9. The molecule has 104 valence electrons. The number of anilines is 1. The first-order valence-electron chi connectivity index (χ1n) is 5.60. The van der Waals surface area contributed by atoms with Gasteiger partial charge in [0.15, 0.2) is 11.6 Å². The van der Waals surface area contributed by atoms with Crippen molar-refractivity contribution in [1.29, 1.82) is 0 Å². The van der Waals surface area contributed by atoms with Gasteiger partial charge in [-0.2, -0.15) is 0 Å². The molecule has 2 aromatic rings. The number of amides is 1. The van der Waals surface area contributed by atoms with Crippen molar-refractivity contribution in [2.24, 2.45) is 0 Å². The second kappa shape index (κ2) is 5.66. The zero-order valence-electron chi connectivity index (χ0n) is 10.3. The molecule has 0 fully saturated rings. The van der Waals surface area contributed by atoms with Crippen molar-refractivity contribution in [3.8, 4) is 0 Å². The van der Waals surface area contributed by atoms with Crippen molar-refractivity contribution in [2.45, 2.75) is 6.92 Å². The Labute approximate surface area is 121 Å². The van der Waals surface area contributed by atoms with E-state index in [-0.39, 0.29) is 5.56 Å². The number of benzene rings is 2. The van der Waals surface area contributed by atoms with E-state index in [1.54, 1.807) is 19.1 Å². The zero-order chi connectivity index (χ0) is 14.9. The lowest BCUT2D eigenvalue weighted by atomic mass is 10.1. The molecule has 1 amide bonds. The summed E-state index contributed by atoms with van der Waals surface area (Å²) in [4.78, 5) is 11.9. The Morgan fingerprint density at radius 3 is 2.35 bits per heavy atom. The van der Waals surface area contributed by atoms with Gasteiger partial charge in [0, 0.05) is 22.2 Å². The van der Waals surface area contributed by atoms with Gasteiger partial charge >= 0.3 is 0 Å². The summed E-state index contributed by atoms with van der Waals surface area (Å²) in [6.07, 6.45) is 0. The van der Waals surface area contributed by atoms with Crippen LogP contribution in [-0.4, -0.2) is 5.91 Å². The maximum atomic E-state index is 13.4. The highest BCUT2D eigenvalue weighted by molar-refractivity contribution is 9.10. The molecule has 0 atom stereocenters. The molecule has 0 aliphatic rings. The fraction of sp³-hybridized carbons (Fsp3) is 0.0714. The standard InChI is InChI=1S/C14H9BrF3NO/c1-7-4-8(2-3-9(7)15)14(20)19-13-6-11(17)10(16)5-12(13)18/h2-6H,1H3,(H,19,20). The summed E-state index contributed by atoms with van der Waals surface area (Å²) >= 11 is 3.29.